The second kappa shape index (κ2) is 15.0. The number of carbonyl (C=O) groups is 1. The van der Waals surface area contributed by atoms with Gasteiger partial charge in [0.2, 0.25) is 15.9 Å². The fourth-order valence-corrected chi connectivity index (χ4v) is 8.20. The van der Waals surface area contributed by atoms with Gasteiger partial charge in [-0.25, -0.2) is 8.42 Å². The Balaban J connectivity index is 1.19. The Hall–Kier alpha value is -4.43. The number of hydrogen-bond acceptors (Lipinski definition) is 10. The molecule has 1 N–H and O–H groups in total. The molecular formula is C36H43N5O7S. The molecule has 1 amide bonds. The largest absolute Gasteiger partial charge is 0.493 e. The highest BCUT2D eigenvalue weighted by Crippen LogP contribution is 2.32. The predicted molar refractivity (Wildman–Crippen MR) is 187 cm³/mol. The summed E-state index contributed by atoms with van der Waals surface area (Å²) in [5, 5.41) is 11.9. The van der Waals surface area contributed by atoms with Gasteiger partial charge in [-0.05, 0) is 55.0 Å². The molecule has 2 aliphatic rings. The molecule has 6 rings (SSSR count). The number of aliphatic hydroxyl groups excluding tert-OH is 1. The van der Waals surface area contributed by atoms with Crippen LogP contribution in [-0.4, -0.2) is 124 Å². The van der Waals surface area contributed by atoms with Crippen LogP contribution in [0, 0.1) is 6.92 Å². The normalized spacial score (nSPS) is 18.3. The number of carbonyl (C=O) groups excluding carboxylic acids is 1. The first-order chi connectivity index (χ1) is 23.7. The van der Waals surface area contributed by atoms with Crippen LogP contribution in [0.5, 0.6) is 17.2 Å². The molecule has 0 radical (unpaired) electrons. The summed E-state index contributed by atoms with van der Waals surface area (Å²) < 4.78 is 46.4. The van der Waals surface area contributed by atoms with Gasteiger partial charge in [-0.1, -0.05) is 24.3 Å². The maximum Gasteiger partial charge on any atom is 0.244 e. The van der Waals surface area contributed by atoms with E-state index >= 15 is 0 Å². The van der Waals surface area contributed by atoms with Crippen molar-refractivity contribution in [2.45, 2.75) is 24.0 Å². The summed E-state index contributed by atoms with van der Waals surface area (Å²) in [6, 6.07) is 20.9. The van der Waals surface area contributed by atoms with Crippen LogP contribution in [0.4, 0.5) is 5.69 Å². The van der Waals surface area contributed by atoms with Gasteiger partial charge in [0.15, 0.2) is 11.5 Å². The number of anilines is 1. The highest BCUT2D eigenvalue weighted by Gasteiger charge is 2.43. The number of rotatable bonds is 11. The number of hydrogen-bond donors (Lipinski definition) is 1. The molecule has 12 nitrogen and oxygen atoms in total. The number of aryl methyl sites for hydroxylation is 1. The third-order valence-electron chi connectivity index (χ3n) is 9.22. The molecule has 2 atom stereocenters. The van der Waals surface area contributed by atoms with Crippen molar-refractivity contribution >= 4 is 32.5 Å². The van der Waals surface area contributed by atoms with E-state index in [-0.39, 0.29) is 42.8 Å². The molecule has 2 aliphatic heterocycles. The molecule has 2 saturated heterocycles. The molecule has 3 heterocycles. The van der Waals surface area contributed by atoms with Gasteiger partial charge in [-0.15, -0.1) is 0 Å². The summed E-state index contributed by atoms with van der Waals surface area (Å²) in [5.74, 6) is 1.05. The van der Waals surface area contributed by atoms with Crippen LogP contribution in [0.25, 0.3) is 10.9 Å². The van der Waals surface area contributed by atoms with Crippen LogP contribution in [0.1, 0.15) is 5.56 Å². The van der Waals surface area contributed by atoms with Crippen molar-refractivity contribution in [2.24, 2.45) is 0 Å². The van der Waals surface area contributed by atoms with Crippen LogP contribution < -0.4 is 19.1 Å². The third kappa shape index (κ3) is 7.44. The topological polar surface area (TPSA) is 125 Å². The van der Waals surface area contributed by atoms with Crippen molar-refractivity contribution in [3.05, 3.63) is 84.6 Å². The molecule has 260 valence electrons. The summed E-state index contributed by atoms with van der Waals surface area (Å²) in [6.07, 6.45) is 0.836. The minimum atomic E-state index is -4.11. The summed E-state index contributed by atoms with van der Waals surface area (Å²) in [6.45, 7) is 5.01. The third-order valence-corrected chi connectivity index (χ3v) is 11.1. The zero-order chi connectivity index (χ0) is 34.5. The lowest BCUT2D eigenvalue weighted by molar-refractivity contribution is -0.137. The average Bonchev–Trinajstić information content (AvgIpc) is 3.13. The SMILES string of the molecule is COc1ccc(S(=O)(=O)N2CCN(C[C@@H](O)COc3cccc4ncccc34)CC2C(=O)N2CCN(c3ccccc3C)CC2)cc1OC. The Morgan fingerprint density at radius 1 is 0.898 bits per heavy atom. The molecule has 1 unspecified atom stereocenters. The summed E-state index contributed by atoms with van der Waals surface area (Å²) in [5.41, 5.74) is 3.09. The molecule has 0 bridgehead atoms. The molecule has 4 aromatic rings. The van der Waals surface area contributed by atoms with Gasteiger partial charge in [0.25, 0.3) is 0 Å². The number of β-amino-alcohol motifs (C(OH)–C–C–N with tert-alkyl or cyclic N) is 1. The number of aromatic nitrogens is 1. The number of para-hydroxylation sites is 1. The van der Waals surface area contributed by atoms with Crippen molar-refractivity contribution in [3.8, 4) is 17.2 Å². The van der Waals surface area contributed by atoms with Gasteiger partial charge >= 0.3 is 0 Å². The van der Waals surface area contributed by atoms with Gasteiger partial charge in [0.05, 0.1) is 24.6 Å². The zero-order valence-corrected chi connectivity index (χ0v) is 28.9. The minimum absolute atomic E-state index is 0.0128. The zero-order valence-electron chi connectivity index (χ0n) is 28.1. The summed E-state index contributed by atoms with van der Waals surface area (Å²) in [7, 11) is -1.18. The van der Waals surface area contributed by atoms with Crippen molar-refractivity contribution in [2.75, 3.05) is 78.1 Å². The van der Waals surface area contributed by atoms with E-state index in [1.54, 1.807) is 17.2 Å². The Morgan fingerprint density at radius 2 is 1.67 bits per heavy atom. The first kappa shape index (κ1) is 34.4. The average molecular weight is 690 g/mol. The van der Waals surface area contributed by atoms with Crippen LogP contribution in [0.2, 0.25) is 0 Å². The lowest BCUT2D eigenvalue weighted by atomic mass is 10.1. The lowest BCUT2D eigenvalue weighted by Crippen LogP contribution is -2.63. The van der Waals surface area contributed by atoms with Gasteiger partial charge in [0, 0.05) is 75.7 Å². The van der Waals surface area contributed by atoms with Gasteiger partial charge in [0.1, 0.15) is 24.5 Å². The Kier molecular flexibility index (Phi) is 10.5. The van der Waals surface area contributed by atoms with Crippen LogP contribution in [-0.2, 0) is 14.8 Å². The fraction of sp³-hybridized carbons (Fsp3) is 0.389. The molecule has 49 heavy (non-hydrogen) atoms. The number of pyridine rings is 1. The van der Waals surface area contributed by atoms with E-state index in [0.29, 0.717) is 44.2 Å². The smallest absolute Gasteiger partial charge is 0.244 e. The molecule has 13 heteroatoms. The van der Waals surface area contributed by atoms with E-state index in [0.717, 1.165) is 22.2 Å². The van der Waals surface area contributed by atoms with Gasteiger partial charge in [-0.2, -0.15) is 4.31 Å². The minimum Gasteiger partial charge on any atom is -0.493 e. The van der Waals surface area contributed by atoms with Crippen molar-refractivity contribution in [1.29, 1.82) is 0 Å². The Labute approximate surface area is 287 Å². The molecule has 2 fully saturated rings. The number of aliphatic hydroxyl groups is 1. The number of ether oxygens (including phenoxy) is 3. The maximum absolute atomic E-state index is 14.3. The van der Waals surface area contributed by atoms with E-state index in [4.69, 9.17) is 14.2 Å². The number of nitrogens with zero attached hydrogens (tertiary/aromatic N) is 5. The van der Waals surface area contributed by atoms with Gasteiger partial charge < -0.3 is 29.1 Å². The summed E-state index contributed by atoms with van der Waals surface area (Å²) in [4.78, 5) is 24.6. The van der Waals surface area contributed by atoms with Crippen molar-refractivity contribution < 1.29 is 32.5 Å². The van der Waals surface area contributed by atoms with E-state index in [1.165, 1.54) is 30.7 Å². The molecule has 0 spiro atoms. The van der Waals surface area contributed by atoms with E-state index in [2.05, 4.69) is 28.9 Å². The number of fused-ring (bicyclic) bond motifs is 1. The first-order valence-electron chi connectivity index (χ1n) is 16.4. The number of amides is 1. The molecular weight excluding hydrogens is 646 g/mol. The first-order valence-corrected chi connectivity index (χ1v) is 17.8. The molecule has 3 aromatic carbocycles. The Bertz CT molecular complexity index is 1880. The maximum atomic E-state index is 14.3. The number of methoxy groups -OCH3 is 2. The van der Waals surface area contributed by atoms with Crippen molar-refractivity contribution in [1.82, 2.24) is 19.1 Å². The van der Waals surface area contributed by atoms with Crippen LogP contribution in [0.15, 0.2) is 83.9 Å². The molecule has 1 aromatic heterocycles. The van der Waals surface area contributed by atoms with E-state index < -0.39 is 22.2 Å². The molecule has 0 aliphatic carbocycles. The number of sulfonamides is 1. The number of benzene rings is 3. The summed E-state index contributed by atoms with van der Waals surface area (Å²) >= 11 is 0. The second-order valence-electron chi connectivity index (χ2n) is 12.3. The van der Waals surface area contributed by atoms with Gasteiger partial charge in [-0.3, -0.25) is 14.7 Å². The second-order valence-corrected chi connectivity index (χ2v) is 14.2. The molecule has 0 saturated carbocycles. The lowest BCUT2D eigenvalue weighted by Gasteiger charge is -2.44. The standard InChI is InChI=1S/C36H43N5O7S/c1-26-8-4-5-11-31(26)39-17-19-40(20-18-39)36(43)32-24-38(23-27(42)25-48-33-12-6-10-30-29(33)9-7-15-37-30)16-21-41(32)49(44,45)28-13-14-34(46-2)35(22-28)47-3/h4-15,22,27,32,42H,16-21,23-25H2,1-3H3/t27-,32?/m1/s1. The van der Waals surface area contributed by atoms with Crippen molar-refractivity contribution in [3.63, 3.8) is 0 Å². The highest BCUT2D eigenvalue weighted by molar-refractivity contribution is 7.89. The number of piperazine rings is 2. The fourth-order valence-electron chi connectivity index (χ4n) is 6.62. The Morgan fingerprint density at radius 3 is 2.43 bits per heavy atom. The van der Waals surface area contributed by atoms with E-state index in [9.17, 15) is 18.3 Å². The highest BCUT2D eigenvalue weighted by atomic mass is 32.2. The quantitative estimate of drug-likeness (QED) is 0.251. The van der Waals surface area contributed by atoms with Crippen LogP contribution >= 0.6 is 0 Å². The van der Waals surface area contributed by atoms with Crippen LogP contribution in [0.3, 0.4) is 0 Å². The predicted octanol–water partition coefficient (Wildman–Crippen LogP) is 3.02. The monoisotopic (exact) mass is 689 g/mol. The van der Waals surface area contributed by atoms with E-state index in [1.807, 2.05) is 47.4 Å².